The molecule has 0 bridgehead atoms. The summed E-state index contributed by atoms with van der Waals surface area (Å²) in [5.74, 6) is -1.57. The molecule has 1 amide bonds. The number of amides is 1. The standard InChI is InChI=1S/C18H19Cl2NO3/c1-10-16(18(23)24-11-5-2-3-6-11)13(9-15(22)21-10)12-7-4-8-14(19)17(12)20/h4,7-8,11,13,16H,2-3,5-6,9H2,1H3. The summed E-state index contributed by atoms with van der Waals surface area (Å²) in [5.41, 5.74) is 1.18. The number of esters is 1. The average Bonchev–Trinajstić information content (AvgIpc) is 3.02. The third kappa shape index (κ3) is 3.50. The minimum atomic E-state index is -0.598. The molecule has 24 heavy (non-hydrogen) atoms. The number of rotatable bonds is 3. The Morgan fingerprint density at radius 2 is 1.96 bits per heavy atom. The fourth-order valence-electron chi connectivity index (χ4n) is 3.58. The van der Waals surface area contributed by atoms with Crippen LogP contribution in [-0.4, -0.2) is 23.7 Å². The first-order valence-corrected chi connectivity index (χ1v) is 8.95. The molecular formula is C18H19Cl2NO3. The number of benzene rings is 1. The van der Waals surface area contributed by atoms with Gasteiger partial charge in [0.1, 0.15) is 12.0 Å². The van der Waals surface area contributed by atoms with E-state index in [-0.39, 0.29) is 24.4 Å². The third-order valence-electron chi connectivity index (χ3n) is 4.77. The van der Waals surface area contributed by atoms with Crippen molar-refractivity contribution in [2.75, 3.05) is 0 Å². The molecule has 2 unspecified atom stereocenters. The summed E-state index contributed by atoms with van der Waals surface area (Å²) in [5, 5.41) is 0.787. The van der Waals surface area contributed by atoms with E-state index in [4.69, 9.17) is 27.9 Å². The van der Waals surface area contributed by atoms with Crippen molar-refractivity contribution in [3.63, 3.8) is 0 Å². The molecular weight excluding hydrogens is 349 g/mol. The Kier molecular flexibility index (Phi) is 5.26. The van der Waals surface area contributed by atoms with E-state index < -0.39 is 11.8 Å². The quantitative estimate of drug-likeness (QED) is 0.735. The zero-order valence-corrected chi connectivity index (χ0v) is 14.9. The van der Waals surface area contributed by atoms with Crippen LogP contribution in [0.3, 0.4) is 0 Å². The van der Waals surface area contributed by atoms with Crippen molar-refractivity contribution in [1.82, 2.24) is 0 Å². The summed E-state index contributed by atoms with van der Waals surface area (Å²) in [6, 6.07) is 5.26. The summed E-state index contributed by atoms with van der Waals surface area (Å²) in [4.78, 5) is 28.7. The smallest absolute Gasteiger partial charge is 0.315 e. The first-order valence-electron chi connectivity index (χ1n) is 8.19. The van der Waals surface area contributed by atoms with E-state index in [0.717, 1.165) is 25.7 Å². The molecule has 0 aromatic heterocycles. The number of nitrogens with zero attached hydrogens (tertiary/aromatic N) is 1. The number of carbonyl (C=O) groups excluding carboxylic acids is 2. The van der Waals surface area contributed by atoms with E-state index in [1.54, 1.807) is 25.1 Å². The molecule has 128 valence electrons. The monoisotopic (exact) mass is 367 g/mol. The molecule has 1 aliphatic carbocycles. The van der Waals surface area contributed by atoms with Gasteiger partial charge in [-0.2, -0.15) is 0 Å². The van der Waals surface area contributed by atoms with Crippen molar-refractivity contribution in [1.29, 1.82) is 0 Å². The molecule has 1 heterocycles. The number of hydrogen-bond acceptors (Lipinski definition) is 3. The van der Waals surface area contributed by atoms with Crippen LogP contribution in [0.2, 0.25) is 10.0 Å². The molecule has 1 aromatic rings. The Bertz CT molecular complexity index is 696. The number of halogens is 2. The molecule has 4 nitrogen and oxygen atoms in total. The van der Waals surface area contributed by atoms with Gasteiger partial charge in [-0.3, -0.25) is 9.59 Å². The van der Waals surface area contributed by atoms with Gasteiger partial charge in [0, 0.05) is 18.1 Å². The minimum absolute atomic E-state index is 0.0292. The van der Waals surface area contributed by atoms with Crippen molar-refractivity contribution >= 4 is 40.8 Å². The number of ether oxygens (including phenoxy) is 1. The van der Waals surface area contributed by atoms with Gasteiger partial charge in [-0.15, -0.1) is 0 Å². The molecule has 2 aliphatic rings. The van der Waals surface area contributed by atoms with Gasteiger partial charge in [-0.25, -0.2) is 4.99 Å². The molecule has 0 saturated heterocycles. The first-order chi connectivity index (χ1) is 11.5. The topological polar surface area (TPSA) is 55.7 Å². The molecule has 0 spiro atoms. The highest BCUT2D eigenvalue weighted by molar-refractivity contribution is 6.42. The Hall–Kier alpha value is -1.39. The van der Waals surface area contributed by atoms with Crippen LogP contribution >= 0.6 is 23.2 Å². The average molecular weight is 368 g/mol. The lowest BCUT2D eigenvalue weighted by atomic mass is 9.79. The molecule has 1 saturated carbocycles. The van der Waals surface area contributed by atoms with Crippen LogP contribution in [0.5, 0.6) is 0 Å². The second-order valence-electron chi connectivity index (χ2n) is 6.42. The normalized spacial score (nSPS) is 24.8. The van der Waals surface area contributed by atoms with Crippen molar-refractivity contribution in [3.05, 3.63) is 33.8 Å². The van der Waals surface area contributed by atoms with Crippen LogP contribution < -0.4 is 0 Å². The Morgan fingerprint density at radius 1 is 1.25 bits per heavy atom. The predicted molar refractivity (Wildman–Crippen MR) is 93.8 cm³/mol. The van der Waals surface area contributed by atoms with E-state index in [1.165, 1.54) is 0 Å². The molecule has 3 rings (SSSR count). The molecule has 2 atom stereocenters. The zero-order chi connectivity index (χ0) is 17.3. The van der Waals surface area contributed by atoms with Gasteiger partial charge < -0.3 is 4.74 Å². The van der Waals surface area contributed by atoms with Gasteiger partial charge in [-0.05, 0) is 44.2 Å². The first kappa shape index (κ1) is 17.4. The van der Waals surface area contributed by atoms with Crippen LogP contribution in [0.1, 0.15) is 50.5 Å². The second-order valence-corrected chi connectivity index (χ2v) is 7.21. The van der Waals surface area contributed by atoms with Crippen LogP contribution in [0.4, 0.5) is 0 Å². The van der Waals surface area contributed by atoms with E-state index in [9.17, 15) is 9.59 Å². The summed E-state index contributed by atoms with van der Waals surface area (Å²) in [6.45, 7) is 1.70. The van der Waals surface area contributed by atoms with Crippen molar-refractivity contribution in [3.8, 4) is 0 Å². The lowest BCUT2D eigenvalue weighted by Crippen LogP contribution is -2.36. The molecule has 0 radical (unpaired) electrons. The highest BCUT2D eigenvalue weighted by atomic mass is 35.5. The van der Waals surface area contributed by atoms with Crippen LogP contribution in [-0.2, 0) is 14.3 Å². The lowest BCUT2D eigenvalue weighted by Gasteiger charge is -2.30. The number of hydrogen-bond donors (Lipinski definition) is 0. The Labute approximate surface area is 151 Å². The summed E-state index contributed by atoms with van der Waals surface area (Å²) < 4.78 is 5.67. The summed E-state index contributed by atoms with van der Waals surface area (Å²) >= 11 is 12.4. The molecule has 0 N–H and O–H groups in total. The number of aliphatic imine (C=N–C) groups is 1. The maximum absolute atomic E-state index is 12.8. The third-order valence-corrected chi connectivity index (χ3v) is 5.60. The van der Waals surface area contributed by atoms with Crippen molar-refractivity contribution < 1.29 is 14.3 Å². The Balaban J connectivity index is 1.92. The largest absolute Gasteiger partial charge is 0.462 e. The Morgan fingerprint density at radius 3 is 2.67 bits per heavy atom. The fourth-order valence-corrected chi connectivity index (χ4v) is 4.03. The van der Waals surface area contributed by atoms with Crippen LogP contribution in [0.15, 0.2) is 23.2 Å². The van der Waals surface area contributed by atoms with Crippen LogP contribution in [0, 0.1) is 5.92 Å². The molecule has 6 heteroatoms. The van der Waals surface area contributed by atoms with Gasteiger partial charge in [-0.1, -0.05) is 35.3 Å². The molecule has 1 aliphatic heterocycles. The maximum atomic E-state index is 12.8. The van der Waals surface area contributed by atoms with E-state index in [1.807, 2.05) is 0 Å². The van der Waals surface area contributed by atoms with Gasteiger partial charge >= 0.3 is 5.97 Å². The van der Waals surface area contributed by atoms with Gasteiger partial charge in [0.15, 0.2) is 0 Å². The second kappa shape index (κ2) is 7.24. The van der Waals surface area contributed by atoms with Gasteiger partial charge in [0.25, 0.3) is 0 Å². The fraction of sp³-hybridized carbons (Fsp3) is 0.500. The lowest BCUT2D eigenvalue weighted by molar-refractivity contribution is -0.152. The minimum Gasteiger partial charge on any atom is -0.462 e. The van der Waals surface area contributed by atoms with E-state index in [0.29, 0.717) is 21.3 Å². The van der Waals surface area contributed by atoms with Crippen molar-refractivity contribution in [2.24, 2.45) is 10.9 Å². The highest BCUT2D eigenvalue weighted by Gasteiger charge is 2.40. The van der Waals surface area contributed by atoms with E-state index in [2.05, 4.69) is 4.99 Å². The van der Waals surface area contributed by atoms with E-state index >= 15 is 0 Å². The maximum Gasteiger partial charge on any atom is 0.315 e. The van der Waals surface area contributed by atoms with Gasteiger partial charge in [0.2, 0.25) is 5.91 Å². The SMILES string of the molecule is CC1=NC(=O)CC(c2cccc(Cl)c2Cl)C1C(=O)OC1CCCC1. The molecule has 1 aromatic carbocycles. The predicted octanol–water partition coefficient (Wildman–Crippen LogP) is 4.57. The summed E-state index contributed by atoms with van der Waals surface area (Å²) in [6.07, 6.45) is 4.06. The highest BCUT2D eigenvalue weighted by Crippen LogP contribution is 2.40. The van der Waals surface area contributed by atoms with Gasteiger partial charge in [0.05, 0.1) is 10.0 Å². The van der Waals surface area contributed by atoms with Crippen molar-refractivity contribution in [2.45, 2.75) is 51.0 Å². The molecule has 1 fully saturated rings. The number of carbonyl (C=O) groups is 2. The van der Waals surface area contributed by atoms with Crippen LogP contribution in [0.25, 0.3) is 0 Å². The summed E-state index contributed by atoms with van der Waals surface area (Å²) in [7, 11) is 0. The zero-order valence-electron chi connectivity index (χ0n) is 13.4.